The lowest BCUT2D eigenvalue weighted by Gasteiger charge is -2.19. The summed E-state index contributed by atoms with van der Waals surface area (Å²) in [4.78, 5) is 24.5. The van der Waals surface area contributed by atoms with E-state index in [0.29, 0.717) is 29.6 Å². The minimum atomic E-state index is -1.26. The molecule has 0 spiro atoms. The molecule has 3 N–H and O–H groups in total. The van der Waals surface area contributed by atoms with E-state index in [1.165, 1.54) is 6.07 Å². The molecule has 0 saturated heterocycles. The van der Waals surface area contributed by atoms with Crippen molar-refractivity contribution in [2.24, 2.45) is 0 Å². The molecule has 4 rings (SSSR count). The number of aromatic carboxylic acids is 1. The third-order valence-electron chi connectivity index (χ3n) is 5.32. The molecule has 1 unspecified atom stereocenters. The third-order valence-corrected chi connectivity index (χ3v) is 5.53. The molecule has 3 aromatic rings. The van der Waals surface area contributed by atoms with Crippen molar-refractivity contribution in [2.75, 3.05) is 17.2 Å². The standard InChI is InChI=1S/C22H20ClFN6O2/c1-11-7-13(12(2)27-14-3-4-17(23)29-19(14)21(31)32)18-15(8-11)28-16(9-25)20(30-18)26-10-22(24)5-6-22/h3-4,7-8,12,27H,5-6,10H2,1-2H3,(H,26,30)(H,31,32). The second kappa shape index (κ2) is 8.20. The van der Waals surface area contributed by atoms with Gasteiger partial charge < -0.3 is 15.7 Å². The zero-order valence-corrected chi connectivity index (χ0v) is 18.2. The Bertz CT molecular complexity index is 1270. The van der Waals surface area contributed by atoms with Crippen molar-refractivity contribution in [2.45, 2.75) is 38.4 Å². The molecule has 164 valence electrons. The van der Waals surface area contributed by atoms with Gasteiger partial charge >= 0.3 is 5.97 Å². The number of nitrogens with one attached hydrogen (secondary N) is 2. The smallest absolute Gasteiger partial charge is 0.356 e. The Kier molecular flexibility index (Phi) is 5.57. The first-order valence-corrected chi connectivity index (χ1v) is 10.4. The van der Waals surface area contributed by atoms with Crippen LogP contribution in [0.15, 0.2) is 24.3 Å². The normalized spacial score (nSPS) is 15.1. The fraction of sp³-hybridized carbons (Fsp3) is 0.318. The van der Waals surface area contributed by atoms with Gasteiger partial charge in [0.05, 0.1) is 29.3 Å². The summed E-state index contributed by atoms with van der Waals surface area (Å²) in [5.41, 5.74) is 1.62. The number of hydrogen-bond donors (Lipinski definition) is 3. The first-order chi connectivity index (χ1) is 15.2. The predicted octanol–water partition coefficient (Wildman–Crippen LogP) is 4.64. The first-order valence-electron chi connectivity index (χ1n) is 10.0. The number of alkyl halides is 1. The van der Waals surface area contributed by atoms with Crippen molar-refractivity contribution in [3.63, 3.8) is 0 Å². The van der Waals surface area contributed by atoms with E-state index in [2.05, 4.69) is 25.6 Å². The molecule has 1 atom stereocenters. The van der Waals surface area contributed by atoms with E-state index < -0.39 is 11.6 Å². The van der Waals surface area contributed by atoms with Crippen molar-refractivity contribution in [3.8, 4) is 6.07 Å². The molecule has 2 heterocycles. The first kappa shape index (κ1) is 21.7. The van der Waals surface area contributed by atoms with E-state index in [-0.39, 0.29) is 34.9 Å². The maximum atomic E-state index is 14.1. The van der Waals surface area contributed by atoms with Crippen LogP contribution >= 0.6 is 11.6 Å². The third kappa shape index (κ3) is 4.41. The van der Waals surface area contributed by atoms with Gasteiger partial charge in [0.1, 0.15) is 16.9 Å². The fourth-order valence-electron chi connectivity index (χ4n) is 3.44. The lowest BCUT2D eigenvalue weighted by atomic mass is 10.0. The molecule has 1 saturated carbocycles. The SMILES string of the molecule is Cc1cc(C(C)Nc2ccc(Cl)nc2C(=O)O)c2nc(NCC3(F)CC3)c(C#N)nc2c1. The molecule has 0 amide bonds. The average molecular weight is 455 g/mol. The van der Waals surface area contributed by atoms with Crippen LogP contribution in [0.3, 0.4) is 0 Å². The van der Waals surface area contributed by atoms with E-state index >= 15 is 0 Å². The summed E-state index contributed by atoms with van der Waals surface area (Å²) in [6.07, 6.45) is 0.963. The van der Waals surface area contributed by atoms with Crippen molar-refractivity contribution in [1.29, 1.82) is 5.26 Å². The monoisotopic (exact) mass is 454 g/mol. The molecular weight excluding hydrogens is 435 g/mol. The summed E-state index contributed by atoms with van der Waals surface area (Å²) < 4.78 is 14.1. The van der Waals surface area contributed by atoms with Gasteiger partial charge in [0.2, 0.25) is 0 Å². The summed E-state index contributed by atoms with van der Waals surface area (Å²) in [5.74, 6) is -0.984. The van der Waals surface area contributed by atoms with Gasteiger partial charge in [-0.05, 0) is 50.5 Å². The van der Waals surface area contributed by atoms with E-state index in [1.54, 1.807) is 6.07 Å². The molecule has 10 heteroatoms. The highest BCUT2D eigenvalue weighted by atomic mass is 35.5. The van der Waals surface area contributed by atoms with Crippen LogP contribution in [-0.2, 0) is 0 Å². The fourth-order valence-corrected chi connectivity index (χ4v) is 3.59. The second-order valence-electron chi connectivity index (χ2n) is 7.96. The summed E-state index contributed by atoms with van der Waals surface area (Å²) in [6, 6.07) is 8.41. The van der Waals surface area contributed by atoms with Gasteiger partial charge in [0, 0.05) is 5.56 Å². The number of anilines is 2. The Balaban J connectivity index is 1.74. The number of carbonyl (C=O) groups is 1. The summed E-state index contributed by atoms with van der Waals surface area (Å²) in [6.45, 7) is 3.81. The van der Waals surface area contributed by atoms with Gasteiger partial charge in [0.25, 0.3) is 0 Å². The number of pyridine rings is 1. The highest BCUT2D eigenvalue weighted by Crippen LogP contribution is 2.39. The number of aromatic nitrogens is 3. The number of halogens is 2. The van der Waals surface area contributed by atoms with E-state index in [9.17, 15) is 19.6 Å². The number of carboxylic acids is 1. The molecule has 1 fully saturated rings. The molecule has 1 aromatic carbocycles. The maximum absolute atomic E-state index is 14.1. The minimum absolute atomic E-state index is 0.0648. The van der Waals surface area contributed by atoms with Crippen LogP contribution in [0.5, 0.6) is 0 Å². The molecule has 0 aliphatic heterocycles. The molecule has 1 aliphatic carbocycles. The zero-order valence-electron chi connectivity index (χ0n) is 17.4. The number of aryl methyl sites for hydroxylation is 1. The van der Waals surface area contributed by atoms with Crippen LogP contribution in [0.2, 0.25) is 5.15 Å². The predicted molar refractivity (Wildman–Crippen MR) is 119 cm³/mol. The summed E-state index contributed by atoms with van der Waals surface area (Å²) in [5, 5.41) is 25.1. The topological polar surface area (TPSA) is 124 Å². The van der Waals surface area contributed by atoms with Crippen LogP contribution in [0.1, 0.15) is 53.1 Å². The molecule has 2 aromatic heterocycles. The number of carboxylic acid groups (broad SMARTS) is 1. The summed E-state index contributed by atoms with van der Waals surface area (Å²) in [7, 11) is 0. The highest BCUT2D eigenvalue weighted by Gasteiger charge is 2.43. The van der Waals surface area contributed by atoms with Gasteiger partial charge in [-0.15, -0.1) is 0 Å². The number of hydrogen-bond acceptors (Lipinski definition) is 7. The lowest BCUT2D eigenvalue weighted by Crippen LogP contribution is -2.18. The Labute approximate surface area is 188 Å². The van der Waals surface area contributed by atoms with Crippen LogP contribution in [-0.4, -0.2) is 38.2 Å². The highest BCUT2D eigenvalue weighted by molar-refractivity contribution is 6.29. The van der Waals surface area contributed by atoms with E-state index in [4.69, 9.17) is 11.6 Å². The van der Waals surface area contributed by atoms with Crippen molar-refractivity contribution < 1.29 is 14.3 Å². The summed E-state index contributed by atoms with van der Waals surface area (Å²) >= 11 is 5.84. The van der Waals surface area contributed by atoms with Crippen molar-refractivity contribution in [1.82, 2.24) is 15.0 Å². The number of nitrogens with zero attached hydrogens (tertiary/aromatic N) is 4. The van der Waals surface area contributed by atoms with Crippen molar-refractivity contribution in [3.05, 3.63) is 51.9 Å². The van der Waals surface area contributed by atoms with Gasteiger partial charge in [-0.2, -0.15) is 5.26 Å². The second-order valence-corrected chi connectivity index (χ2v) is 8.35. The van der Waals surface area contributed by atoms with Crippen molar-refractivity contribution >= 4 is 40.1 Å². The van der Waals surface area contributed by atoms with Crippen LogP contribution in [0.25, 0.3) is 11.0 Å². The zero-order chi connectivity index (χ0) is 23.0. The van der Waals surface area contributed by atoms with E-state index in [0.717, 1.165) is 11.1 Å². The largest absolute Gasteiger partial charge is 0.476 e. The molecule has 0 bridgehead atoms. The minimum Gasteiger partial charge on any atom is -0.476 e. The molecule has 1 aliphatic rings. The number of fused-ring (bicyclic) bond motifs is 1. The maximum Gasteiger partial charge on any atom is 0.356 e. The van der Waals surface area contributed by atoms with Crippen LogP contribution in [0.4, 0.5) is 15.9 Å². The van der Waals surface area contributed by atoms with Gasteiger partial charge in [0.15, 0.2) is 17.2 Å². The molecule has 32 heavy (non-hydrogen) atoms. The molecule has 0 radical (unpaired) electrons. The molecular formula is C22H20ClFN6O2. The van der Waals surface area contributed by atoms with E-state index in [1.807, 2.05) is 32.0 Å². The Hall–Kier alpha value is -3.51. The number of benzene rings is 1. The van der Waals surface area contributed by atoms with Crippen LogP contribution in [0, 0.1) is 18.3 Å². The molecule has 8 nitrogen and oxygen atoms in total. The Morgan fingerprint density at radius 3 is 2.75 bits per heavy atom. The quantitative estimate of drug-likeness (QED) is 0.441. The van der Waals surface area contributed by atoms with Crippen LogP contribution < -0.4 is 10.6 Å². The number of nitriles is 1. The average Bonchev–Trinajstić information content (AvgIpc) is 3.49. The number of rotatable bonds is 7. The Morgan fingerprint density at radius 1 is 1.34 bits per heavy atom. The Morgan fingerprint density at radius 2 is 2.09 bits per heavy atom. The lowest BCUT2D eigenvalue weighted by molar-refractivity contribution is 0.0691. The van der Waals surface area contributed by atoms with Gasteiger partial charge in [-0.25, -0.2) is 24.1 Å². The van der Waals surface area contributed by atoms with Gasteiger partial charge in [-0.1, -0.05) is 17.7 Å². The van der Waals surface area contributed by atoms with Gasteiger partial charge in [-0.3, -0.25) is 0 Å².